The molecule has 148 valence electrons. The lowest BCUT2D eigenvalue weighted by Crippen LogP contribution is -2.31. The van der Waals surface area contributed by atoms with Crippen molar-refractivity contribution in [2.75, 3.05) is 11.9 Å². The van der Waals surface area contributed by atoms with Crippen molar-refractivity contribution < 1.29 is 14.3 Å². The first-order valence-corrected chi connectivity index (χ1v) is 9.17. The third kappa shape index (κ3) is 4.24. The fraction of sp³-hybridized carbons (Fsp3) is 0.182. The average Bonchev–Trinajstić information content (AvgIpc) is 2.72. The molecule has 29 heavy (non-hydrogen) atoms. The van der Waals surface area contributed by atoms with Gasteiger partial charge in [0.1, 0.15) is 5.69 Å². The zero-order valence-electron chi connectivity index (χ0n) is 16.4. The molecule has 2 aromatic carbocycles. The van der Waals surface area contributed by atoms with Gasteiger partial charge in [0.25, 0.3) is 11.5 Å². The van der Waals surface area contributed by atoms with Gasteiger partial charge in [-0.05, 0) is 45.0 Å². The lowest BCUT2D eigenvalue weighted by atomic mass is 10.1. The molecule has 7 nitrogen and oxygen atoms in total. The van der Waals surface area contributed by atoms with E-state index in [-0.39, 0.29) is 23.6 Å². The van der Waals surface area contributed by atoms with Gasteiger partial charge in [-0.25, -0.2) is 4.79 Å². The van der Waals surface area contributed by atoms with Crippen molar-refractivity contribution in [1.82, 2.24) is 9.78 Å². The van der Waals surface area contributed by atoms with Crippen LogP contribution in [0.5, 0.6) is 0 Å². The summed E-state index contributed by atoms with van der Waals surface area (Å²) in [4.78, 5) is 38.1. The van der Waals surface area contributed by atoms with Gasteiger partial charge < -0.3 is 10.1 Å². The average molecular weight is 391 g/mol. The molecule has 7 heteroatoms. The highest BCUT2D eigenvalue weighted by molar-refractivity contribution is 6.05. The van der Waals surface area contributed by atoms with Gasteiger partial charge in [0.2, 0.25) is 0 Å². The van der Waals surface area contributed by atoms with Gasteiger partial charge in [0, 0.05) is 11.1 Å². The normalized spacial score (nSPS) is 10.4. The monoisotopic (exact) mass is 391 g/mol. The highest BCUT2D eigenvalue weighted by atomic mass is 16.5. The summed E-state index contributed by atoms with van der Waals surface area (Å²) in [6, 6.07) is 15.6. The van der Waals surface area contributed by atoms with Crippen molar-refractivity contribution in [1.29, 1.82) is 0 Å². The molecule has 0 aliphatic rings. The largest absolute Gasteiger partial charge is 0.461 e. The second-order valence-electron chi connectivity index (χ2n) is 6.44. The Morgan fingerprint density at radius 2 is 1.69 bits per heavy atom. The van der Waals surface area contributed by atoms with E-state index in [2.05, 4.69) is 10.4 Å². The number of carbonyl (C=O) groups excluding carboxylic acids is 2. The molecule has 0 saturated carbocycles. The molecule has 0 aliphatic carbocycles. The molecule has 1 N–H and O–H groups in total. The summed E-state index contributed by atoms with van der Waals surface area (Å²) in [6.07, 6.45) is 0. The number of benzene rings is 2. The molecular formula is C22H21N3O4. The predicted molar refractivity (Wildman–Crippen MR) is 110 cm³/mol. The van der Waals surface area contributed by atoms with E-state index in [1.165, 1.54) is 0 Å². The van der Waals surface area contributed by atoms with E-state index in [1.54, 1.807) is 56.3 Å². The number of aromatic nitrogens is 2. The summed E-state index contributed by atoms with van der Waals surface area (Å²) < 4.78 is 6.17. The summed E-state index contributed by atoms with van der Waals surface area (Å²) in [5.74, 6) is -1.12. The maximum absolute atomic E-state index is 13.1. The van der Waals surface area contributed by atoms with Gasteiger partial charge in [0.05, 0.1) is 12.3 Å². The number of rotatable bonds is 5. The SMILES string of the molecule is CCOC(=O)c1nn(-c2ccc(C)cc2)c(=O)c(NC(=O)c2ccccc2)c1C. The summed E-state index contributed by atoms with van der Waals surface area (Å²) in [7, 11) is 0. The number of aryl methyl sites for hydroxylation is 1. The molecule has 0 saturated heterocycles. The molecule has 0 radical (unpaired) electrons. The molecule has 0 bridgehead atoms. The number of carbonyl (C=O) groups is 2. The molecule has 1 aromatic heterocycles. The number of esters is 1. The number of hydrogen-bond acceptors (Lipinski definition) is 5. The van der Waals surface area contributed by atoms with Gasteiger partial charge >= 0.3 is 5.97 Å². The number of hydrogen-bond donors (Lipinski definition) is 1. The highest BCUT2D eigenvalue weighted by Gasteiger charge is 2.22. The van der Waals surface area contributed by atoms with Gasteiger partial charge in [-0.15, -0.1) is 0 Å². The van der Waals surface area contributed by atoms with Crippen molar-refractivity contribution in [3.05, 3.63) is 87.3 Å². The Bertz CT molecular complexity index is 1100. The molecule has 0 atom stereocenters. The first-order chi connectivity index (χ1) is 13.9. The summed E-state index contributed by atoms with van der Waals surface area (Å²) in [5.41, 5.74) is 1.54. The number of ether oxygens (including phenoxy) is 1. The Kier molecular flexibility index (Phi) is 5.87. The molecule has 0 unspecified atom stereocenters. The van der Waals surface area contributed by atoms with Crippen LogP contribution in [-0.2, 0) is 4.74 Å². The minimum Gasteiger partial charge on any atom is -0.461 e. The molecule has 0 aliphatic heterocycles. The second kappa shape index (κ2) is 8.52. The van der Waals surface area contributed by atoms with E-state index in [0.717, 1.165) is 10.2 Å². The molecule has 3 rings (SSSR count). The number of amides is 1. The minimum atomic E-state index is -0.666. The van der Waals surface area contributed by atoms with E-state index in [1.807, 2.05) is 19.1 Å². The Morgan fingerprint density at radius 1 is 1.03 bits per heavy atom. The molecule has 0 spiro atoms. The van der Waals surface area contributed by atoms with Crippen LogP contribution in [0, 0.1) is 13.8 Å². The maximum atomic E-state index is 13.1. The van der Waals surface area contributed by atoms with Crippen molar-refractivity contribution in [3.63, 3.8) is 0 Å². The maximum Gasteiger partial charge on any atom is 0.359 e. The Balaban J connectivity index is 2.15. The Labute approximate surface area is 168 Å². The van der Waals surface area contributed by atoms with Crippen LogP contribution in [0.15, 0.2) is 59.4 Å². The van der Waals surface area contributed by atoms with Crippen LogP contribution in [0.3, 0.4) is 0 Å². The second-order valence-corrected chi connectivity index (χ2v) is 6.44. The van der Waals surface area contributed by atoms with E-state index < -0.39 is 17.4 Å². The van der Waals surface area contributed by atoms with Crippen molar-refractivity contribution >= 4 is 17.6 Å². The summed E-state index contributed by atoms with van der Waals surface area (Å²) >= 11 is 0. The van der Waals surface area contributed by atoms with Gasteiger partial charge in [0.15, 0.2) is 5.69 Å². The predicted octanol–water partition coefficient (Wildman–Crippen LogP) is 3.28. The smallest absolute Gasteiger partial charge is 0.359 e. The fourth-order valence-corrected chi connectivity index (χ4v) is 2.78. The lowest BCUT2D eigenvalue weighted by molar-refractivity contribution is 0.0516. The van der Waals surface area contributed by atoms with Crippen LogP contribution >= 0.6 is 0 Å². The van der Waals surface area contributed by atoms with Gasteiger partial charge in [-0.2, -0.15) is 9.78 Å². The number of nitrogens with one attached hydrogen (secondary N) is 1. The van der Waals surface area contributed by atoms with E-state index in [4.69, 9.17) is 4.74 Å². The minimum absolute atomic E-state index is 0.0162. The standard InChI is InChI=1S/C22H21N3O4/c1-4-29-22(28)19-15(3)18(23-20(26)16-8-6-5-7-9-16)21(27)25(24-19)17-12-10-14(2)11-13-17/h5-13H,4H2,1-3H3,(H,23,26). The quantitative estimate of drug-likeness (QED) is 0.674. The zero-order valence-corrected chi connectivity index (χ0v) is 16.4. The number of nitrogens with zero attached hydrogens (tertiary/aromatic N) is 2. The topological polar surface area (TPSA) is 90.3 Å². The van der Waals surface area contributed by atoms with Crippen LogP contribution in [0.25, 0.3) is 5.69 Å². The molecule has 0 fully saturated rings. The molecule has 1 heterocycles. The van der Waals surface area contributed by atoms with Gasteiger partial charge in [-0.1, -0.05) is 35.9 Å². The number of anilines is 1. The zero-order chi connectivity index (χ0) is 21.0. The summed E-state index contributed by atoms with van der Waals surface area (Å²) in [6.45, 7) is 5.32. The van der Waals surface area contributed by atoms with Crippen LogP contribution in [0.1, 0.15) is 38.9 Å². The van der Waals surface area contributed by atoms with Crippen LogP contribution < -0.4 is 10.9 Å². The van der Waals surface area contributed by atoms with Crippen molar-refractivity contribution in [3.8, 4) is 5.69 Å². The van der Waals surface area contributed by atoms with Crippen molar-refractivity contribution in [2.24, 2.45) is 0 Å². The summed E-state index contributed by atoms with van der Waals surface area (Å²) in [5, 5.41) is 6.84. The third-order valence-electron chi connectivity index (χ3n) is 4.36. The Morgan fingerprint density at radius 3 is 2.31 bits per heavy atom. The first kappa shape index (κ1) is 20.0. The van der Waals surface area contributed by atoms with Crippen LogP contribution in [0.2, 0.25) is 0 Å². The van der Waals surface area contributed by atoms with Gasteiger partial charge in [-0.3, -0.25) is 9.59 Å². The van der Waals surface area contributed by atoms with Crippen LogP contribution in [-0.4, -0.2) is 28.3 Å². The molecule has 1 amide bonds. The van der Waals surface area contributed by atoms with Crippen molar-refractivity contribution in [2.45, 2.75) is 20.8 Å². The highest BCUT2D eigenvalue weighted by Crippen LogP contribution is 2.17. The van der Waals surface area contributed by atoms with E-state index >= 15 is 0 Å². The molecular weight excluding hydrogens is 370 g/mol. The van der Waals surface area contributed by atoms with Crippen LogP contribution in [0.4, 0.5) is 5.69 Å². The molecule has 3 aromatic rings. The van der Waals surface area contributed by atoms with E-state index in [0.29, 0.717) is 11.3 Å². The fourth-order valence-electron chi connectivity index (χ4n) is 2.78. The third-order valence-corrected chi connectivity index (χ3v) is 4.36. The first-order valence-electron chi connectivity index (χ1n) is 9.17. The van der Waals surface area contributed by atoms with E-state index in [9.17, 15) is 14.4 Å². The lowest BCUT2D eigenvalue weighted by Gasteiger charge is -2.14. The Hall–Kier alpha value is -3.74.